The first kappa shape index (κ1) is 32.9. The fourth-order valence-corrected chi connectivity index (χ4v) is 6.86. The van der Waals surface area contributed by atoms with Crippen molar-refractivity contribution in [3.8, 4) is 11.1 Å². The van der Waals surface area contributed by atoms with Crippen molar-refractivity contribution in [2.75, 3.05) is 6.61 Å². The highest BCUT2D eigenvalue weighted by atomic mass is 19.4. The van der Waals surface area contributed by atoms with E-state index in [9.17, 15) is 27.2 Å². The van der Waals surface area contributed by atoms with Crippen molar-refractivity contribution < 1.29 is 41.0 Å². The lowest BCUT2D eigenvalue weighted by Crippen LogP contribution is -2.32. The molecule has 2 atom stereocenters. The van der Waals surface area contributed by atoms with Gasteiger partial charge in [0.15, 0.2) is 0 Å². The minimum atomic E-state index is -4.70. The van der Waals surface area contributed by atoms with Gasteiger partial charge >= 0.3 is 18.2 Å². The van der Waals surface area contributed by atoms with E-state index >= 15 is 4.39 Å². The molecule has 250 valence electrons. The highest BCUT2D eigenvalue weighted by molar-refractivity contribution is 5.73. The third-order valence-electron chi connectivity index (χ3n) is 9.63. The fraction of sp³-hybridized carbons (Fsp3) is 0.472. The van der Waals surface area contributed by atoms with Crippen molar-refractivity contribution in [2.45, 2.75) is 95.7 Å². The van der Waals surface area contributed by atoms with E-state index < -0.39 is 42.5 Å². The fourth-order valence-electron chi connectivity index (χ4n) is 6.86. The number of alkyl halides is 4. The van der Waals surface area contributed by atoms with Gasteiger partial charge in [0.2, 0.25) is 0 Å². The number of aromatic nitrogens is 1. The van der Waals surface area contributed by atoms with Crippen molar-refractivity contribution in [1.29, 1.82) is 0 Å². The maximum absolute atomic E-state index is 15.6. The van der Waals surface area contributed by atoms with Gasteiger partial charge in [-0.25, -0.2) is 13.6 Å². The van der Waals surface area contributed by atoms with E-state index in [1.807, 2.05) is 18.2 Å². The average molecular weight is 657 g/mol. The predicted molar refractivity (Wildman–Crippen MR) is 163 cm³/mol. The van der Waals surface area contributed by atoms with Crippen molar-refractivity contribution >= 4 is 12.1 Å². The lowest BCUT2D eigenvalue weighted by Gasteiger charge is -2.28. The molecule has 0 unspecified atom stereocenters. The van der Waals surface area contributed by atoms with E-state index in [1.165, 1.54) is 17.0 Å². The van der Waals surface area contributed by atoms with Gasteiger partial charge in [-0.15, -0.1) is 0 Å². The summed E-state index contributed by atoms with van der Waals surface area (Å²) >= 11 is 0. The Bertz CT molecular complexity index is 1650. The summed E-state index contributed by atoms with van der Waals surface area (Å²) in [5, 5.41) is 0. The number of hydrogen-bond acceptors (Lipinski definition) is 5. The molecule has 1 aromatic heterocycles. The second kappa shape index (κ2) is 13.2. The van der Waals surface area contributed by atoms with Crippen LogP contribution in [0.4, 0.5) is 26.7 Å². The number of esters is 1. The number of benzene rings is 2. The summed E-state index contributed by atoms with van der Waals surface area (Å²) in [6.45, 7) is 2.62. The molecule has 47 heavy (non-hydrogen) atoms. The second-order valence-electron chi connectivity index (χ2n) is 12.8. The molecule has 3 aliphatic rings. The zero-order chi connectivity index (χ0) is 33.5. The van der Waals surface area contributed by atoms with E-state index in [0.717, 1.165) is 49.1 Å². The van der Waals surface area contributed by atoms with E-state index in [1.54, 1.807) is 19.9 Å². The number of cyclic esters (lactones) is 1. The third kappa shape index (κ3) is 6.99. The molecule has 0 bridgehead atoms. The Labute approximate surface area is 270 Å². The van der Waals surface area contributed by atoms with Crippen molar-refractivity contribution in [1.82, 2.24) is 9.88 Å². The van der Waals surface area contributed by atoms with Crippen LogP contribution >= 0.6 is 0 Å². The summed E-state index contributed by atoms with van der Waals surface area (Å²) in [4.78, 5) is 31.7. The molecule has 11 heteroatoms. The van der Waals surface area contributed by atoms with Gasteiger partial charge in [0.1, 0.15) is 18.6 Å². The Morgan fingerprint density at radius 2 is 1.68 bits per heavy atom. The Morgan fingerprint density at radius 1 is 0.957 bits per heavy atom. The minimum Gasteiger partial charge on any atom is -0.466 e. The van der Waals surface area contributed by atoms with Gasteiger partial charge in [0.25, 0.3) is 0 Å². The minimum absolute atomic E-state index is 0.0483. The van der Waals surface area contributed by atoms with Crippen LogP contribution in [0.5, 0.6) is 0 Å². The molecule has 2 heterocycles. The van der Waals surface area contributed by atoms with E-state index in [2.05, 4.69) is 0 Å². The second-order valence-corrected chi connectivity index (χ2v) is 12.8. The van der Waals surface area contributed by atoms with Gasteiger partial charge in [0, 0.05) is 22.7 Å². The summed E-state index contributed by atoms with van der Waals surface area (Å²) in [7, 11) is 0. The maximum atomic E-state index is 15.6. The zero-order valence-corrected chi connectivity index (χ0v) is 26.3. The molecule has 0 spiro atoms. The van der Waals surface area contributed by atoms with Gasteiger partial charge in [0.05, 0.1) is 36.4 Å². The number of carbonyl (C=O) groups excluding carboxylic acids is 2. The first-order valence-corrected chi connectivity index (χ1v) is 16.2. The Hall–Kier alpha value is -4.02. The van der Waals surface area contributed by atoms with Crippen LogP contribution in [0, 0.1) is 11.7 Å². The topological polar surface area (TPSA) is 68.7 Å². The standard InChI is InChI=1S/C36H37F5N2O4/c1-3-46-34(44)24-8-4-22(5-9-24)25-10-12-30(38)29(17-25)28-11-13-31(23-6-7-23)42-32(28)19-43-20(2)33(47-35(43)45)26-14-21(18-37)15-27(16-26)36(39,40)41/h10-17,20,22-24,33H,3-9,18-19H2,1-2H3/t20-,22-,24-,33-/m0/s1. The molecule has 6 nitrogen and oxygen atoms in total. The quantitative estimate of drug-likeness (QED) is 0.170. The number of carbonyl (C=O) groups is 2. The average Bonchev–Trinajstić information content (AvgIpc) is 3.87. The van der Waals surface area contributed by atoms with Crippen LogP contribution in [0.15, 0.2) is 48.5 Å². The number of amides is 1. The smallest absolute Gasteiger partial charge is 0.416 e. The molecule has 2 aliphatic carbocycles. The van der Waals surface area contributed by atoms with Gasteiger partial charge in [-0.2, -0.15) is 13.2 Å². The molecule has 3 fully saturated rings. The Kier molecular flexibility index (Phi) is 9.27. The third-order valence-corrected chi connectivity index (χ3v) is 9.63. The highest BCUT2D eigenvalue weighted by Gasteiger charge is 2.42. The molecular weight excluding hydrogens is 619 g/mol. The monoisotopic (exact) mass is 656 g/mol. The predicted octanol–water partition coefficient (Wildman–Crippen LogP) is 9.17. The van der Waals surface area contributed by atoms with Crippen molar-refractivity contribution in [3.05, 3.63) is 88.0 Å². The first-order chi connectivity index (χ1) is 22.5. The van der Waals surface area contributed by atoms with Gasteiger partial charge in [-0.05, 0) is 111 Å². The summed E-state index contributed by atoms with van der Waals surface area (Å²) in [6, 6.07) is 10.9. The summed E-state index contributed by atoms with van der Waals surface area (Å²) in [5.74, 6) is -0.354. The van der Waals surface area contributed by atoms with Gasteiger partial charge in [-0.3, -0.25) is 14.7 Å². The summed E-state index contributed by atoms with van der Waals surface area (Å²) in [6.07, 6.45) is -1.68. The largest absolute Gasteiger partial charge is 0.466 e. The first-order valence-electron chi connectivity index (χ1n) is 16.2. The van der Waals surface area contributed by atoms with Crippen LogP contribution < -0.4 is 0 Å². The molecule has 2 aromatic carbocycles. The number of halogens is 5. The molecule has 0 radical (unpaired) electrons. The Morgan fingerprint density at radius 3 is 2.34 bits per heavy atom. The van der Waals surface area contributed by atoms with E-state index in [0.29, 0.717) is 36.3 Å². The molecule has 1 aliphatic heterocycles. The van der Waals surface area contributed by atoms with E-state index in [-0.39, 0.29) is 41.4 Å². The lowest BCUT2D eigenvalue weighted by molar-refractivity contribution is -0.149. The zero-order valence-electron chi connectivity index (χ0n) is 26.3. The Balaban J connectivity index is 1.29. The van der Waals surface area contributed by atoms with Crippen LogP contribution in [0.1, 0.15) is 104 Å². The molecule has 6 rings (SSSR count). The number of rotatable bonds is 9. The highest BCUT2D eigenvalue weighted by Crippen LogP contribution is 2.43. The number of hydrogen-bond donors (Lipinski definition) is 0. The number of pyridine rings is 1. The van der Waals surface area contributed by atoms with E-state index in [4.69, 9.17) is 14.5 Å². The van der Waals surface area contributed by atoms with Crippen LogP contribution in [-0.4, -0.2) is 34.6 Å². The molecule has 1 saturated heterocycles. The van der Waals surface area contributed by atoms with Crippen LogP contribution in [-0.2, 0) is 33.7 Å². The van der Waals surface area contributed by atoms with Crippen molar-refractivity contribution in [3.63, 3.8) is 0 Å². The van der Waals surface area contributed by atoms with Gasteiger partial charge in [-0.1, -0.05) is 12.1 Å². The molecule has 2 saturated carbocycles. The van der Waals surface area contributed by atoms with Crippen LogP contribution in [0.25, 0.3) is 11.1 Å². The summed E-state index contributed by atoms with van der Waals surface area (Å²) in [5.41, 5.74) is 1.94. The number of nitrogens with zero attached hydrogens (tertiary/aromatic N) is 2. The van der Waals surface area contributed by atoms with Crippen LogP contribution in [0.3, 0.4) is 0 Å². The van der Waals surface area contributed by atoms with Crippen molar-refractivity contribution in [2.24, 2.45) is 5.92 Å². The lowest BCUT2D eigenvalue weighted by atomic mass is 9.78. The SMILES string of the molecule is CCOC(=O)[C@H]1CC[C@H](c2ccc(F)c(-c3ccc(C4CC4)nc3CN3C(=O)O[C@H](c4cc(CF)cc(C(F)(F)F)c4)[C@@H]3C)c2)CC1. The molecule has 0 N–H and O–H groups in total. The van der Waals surface area contributed by atoms with Crippen LogP contribution in [0.2, 0.25) is 0 Å². The number of ether oxygens (including phenoxy) is 2. The van der Waals surface area contributed by atoms with Gasteiger partial charge < -0.3 is 9.47 Å². The molecular formula is C36H37F5N2O4. The summed E-state index contributed by atoms with van der Waals surface area (Å²) < 4.78 is 80.6. The molecule has 3 aromatic rings. The maximum Gasteiger partial charge on any atom is 0.416 e. The molecule has 1 amide bonds. The normalized spacial score (nSPS) is 23.1.